The molecule has 0 unspecified atom stereocenters. The van der Waals surface area contributed by atoms with Crippen LogP contribution >= 0.6 is 0 Å². The molecular formula is C60H50N10. The number of hydrogen-bond donors (Lipinski definition) is 0. The summed E-state index contributed by atoms with van der Waals surface area (Å²) in [5.41, 5.74) is 14.8. The summed E-state index contributed by atoms with van der Waals surface area (Å²) in [5.74, 6) is -0.0727. The Labute approximate surface area is 408 Å². The first kappa shape index (κ1) is 44.0. The molecule has 70 heavy (non-hydrogen) atoms. The van der Waals surface area contributed by atoms with Crippen molar-refractivity contribution in [3.05, 3.63) is 242 Å². The van der Waals surface area contributed by atoms with Gasteiger partial charge < -0.3 is 0 Å². The number of rotatable bonds is 10. The summed E-state index contributed by atoms with van der Waals surface area (Å²) in [5, 5.41) is 0. The Bertz CT molecular complexity index is 2760. The largest absolute Gasteiger partial charge is 0.261 e. The molecule has 0 radical (unpaired) electrons. The molecular weight excluding hydrogens is 861 g/mol. The van der Waals surface area contributed by atoms with E-state index < -0.39 is 0 Å². The van der Waals surface area contributed by atoms with Crippen molar-refractivity contribution in [1.82, 2.24) is 49.8 Å². The van der Waals surface area contributed by atoms with Crippen molar-refractivity contribution in [1.29, 1.82) is 0 Å². The van der Waals surface area contributed by atoms with Gasteiger partial charge in [-0.2, -0.15) is 0 Å². The average Bonchev–Trinajstić information content (AvgIpc) is 3.45. The van der Waals surface area contributed by atoms with E-state index in [1.54, 1.807) is 0 Å². The highest BCUT2D eigenvalue weighted by atomic mass is 14.8. The van der Waals surface area contributed by atoms with Crippen molar-refractivity contribution in [2.45, 2.75) is 61.7 Å². The van der Waals surface area contributed by atoms with Crippen molar-refractivity contribution in [3.8, 4) is 56.3 Å². The van der Waals surface area contributed by atoms with Crippen LogP contribution in [0.25, 0.3) is 56.3 Å². The molecule has 0 bridgehead atoms. The average molecular weight is 911 g/mol. The van der Waals surface area contributed by atoms with Crippen LogP contribution in [0.1, 0.15) is 90.2 Å². The van der Waals surface area contributed by atoms with E-state index in [-0.39, 0.29) is 29.6 Å². The van der Waals surface area contributed by atoms with Crippen LogP contribution < -0.4 is 0 Å². The van der Waals surface area contributed by atoms with Crippen molar-refractivity contribution in [3.63, 3.8) is 0 Å². The molecule has 0 aliphatic heterocycles. The van der Waals surface area contributed by atoms with Crippen molar-refractivity contribution < 1.29 is 0 Å². The fraction of sp³-hybridized carbons (Fsp3) is 0.167. The lowest BCUT2D eigenvalue weighted by molar-refractivity contribution is 0.339. The Kier molecular flexibility index (Phi) is 13.1. The molecule has 0 saturated heterocycles. The van der Waals surface area contributed by atoms with Gasteiger partial charge in [-0.15, -0.1) is 0 Å². The molecule has 1 aliphatic rings. The number of nitrogens with zero attached hydrogens (tertiary/aromatic N) is 10. The van der Waals surface area contributed by atoms with E-state index in [1.807, 2.05) is 123 Å². The molecule has 11 rings (SSSR count). The molecule has 1 aliphatic carbocycles. The van der Waals surface area contributed by atoms with Gasteiger partial charge in [-0.3, -0.25) is 49.8 Å². The van der Waals surface area contributed by atoms with Crippen molar-refractivity contribution in [2.24, 2.45) is 0 Å². The minimum absolute atomic E-state index is 0.0145. The van der Waals surface area contributed by atoms with Gasteiger partial charge in [0.25, 0.3) is 0 Å². The summed E-state index contributed by atoms with van der Waals surface area (Å²) < 4.78 is 0. The normalized spacial score (nSPS) is 18.4. The predicted molar refractivity (Wildman–Crippen MR) is 274 cm³/mol. The fourth-order valence-corrected chi connectivity index (χ4v) is 10.2. The summed E-state index contributed by atoms with van der Waals surface area (Å²) in [6, 6.07) is 51.8. The van der Waals surface area contributed by atoms with E-state index >= 15 is 0 Å². The van der Waals surface area contributed by atoms with Gasteiger partial charge in [0.15, 0.2) is 0 Å². The molecule has 10 heterocycles. The Morgan fingerprint density at radius 2 is 0.414 bits per heavy atom. The van der Waals surface area contributed by atoms with Crippen LogP contribution in [-0.2, 0) is 0 Å². The highest BCUT2D eigenvalue weighted by molar-refractivity contribution is 5.63. The first-order chi connectivity index (χ1) is 34.7. The van der Waals surface area contributed by atoms with E-state index in [0.717, 1.165) is 117 Å². The third kappa shape index (κ3) is 10.2. The standard InChI is InChI=1S/C60H50N10/c1-6-21-61-51(11-1)41-16-26-66-56(36-41)46-31-47(57-37-42(17-27-67-57)52-12-2-7-22-62-52)33-49(59-39-44(19-29-69-59)54-14-4-9-24-64-54)35-50(60-40-45(20-30-70-60)55-15-5-10-25-65-55)34-48(32-46)58-38-43(18-28-68-58)53-13-3-8-23-63-53/h1-30,36-40,46-50H,31-35H2. The van der Waals surface area contributed by atoms with Gasteiger partial charge in [-0.1, -0.05) is 30.3 Å². The van der Waals surface area contributed by atoms with E-state index in [1.165, 1.54) is 0 Å². The van der Waals surface area contributed by atoms with E-state index in [0.29, 0.717) is 0 Å². The quantitative estimate of drug-likeness (QED) is 0.131. The van der Waals surface area contributed by atoms with Crippen LogP contribution in [0.3, 0.4) is 0 Å². The molecule has 0 atom stereocenters. The van der Waals surface area contributed by atoms with Gasteiger partial charge in [0, 0.05) is 148 Å². The van der Waals surface area contributed by atoms with Gasteiger partial charge in [-0.25, -0.2) is 0 Å². The Morgan fingerprint density at radius 1 is 0.214 bits per heavy atom. The molecule has 0 aromatic carbocycles. The summed E-state index contributed by atoms with van der Waals surface area (Å²) in [4.78, 5) is 49.9. The van der Waals surface area contributed by atoms with Gasteiger partial charge in [0.05, 0.1) is 28.5 Å². The third-order valence-electron chi connectivity index (χ3n) is 13.6. The van der Waals surface area contributed by atoms with Crippen LogP contribution in [0, 0.1) is 0 Å². The molecule has 10 aromatic rings. The van der Waals surface area contributed by atoms with Crippen molar-refractivity contribution in [2.75, 3.05) is 0 Å². The second kappa shape index (κ2) is 20.8. The maximum absolute atomic E-state index is 5.22. The van der Waals surface area contributed by atoms with Crippen LogP contribution in [0.15, 0.2) is 214 Å². The first-order valence-corrected chi connectivity index (χ1v) is 24.0. The second-order valence-corrected chi connectivity index (χ2v) is 18.1. The lowest BCUT2D eigenvalue weighted by Crippen LogP contribution is -2.21. The lowest BCUT2D eigenvalue weighted by atomic mass is 9.71. The van der Waals surface area contributed by atoms with Crippen molar-refractivity contribution >= 4 is 0 Å². The van der Waals surface area contributed by atoms with E-state index in [2.05, 4.69) is 91.0 Å². The third-order valence-corrected chi connectivity index (χ3v) is 13.6. The van der Waals surface area contributed by atoms with Crippen LogP contribution in [0.4, 0.5) is 0 Å². The maximum Gasteiger partial charge on any atom is 0.0703 e. The number of pyridine rings is 10. The van der Waals surface area contributed by atoms with Crippen LogP contribution in [0.5, 0.6) is 0 Å². The Hall–Kier alpha value is -8.50. The Morgan fingerprint density at radius 3 is 0.586 bits per heavy atom. The molecule has 0 N–H and O–H groups in total. The molecule has 0 spiro atoms. The van der Waals surface area contributed by atoms with E-state index in [4.69, 9.17) is 49.8 Å². The zero-order chi connectivity index (χ0) is 46.9. The monoisotopic (exact) mass is 910 g/mol. The summed E-state index contributed by atoms with van der Waals surface area (Å²) in [7, 11) is 0. The number of hydrogen-bond acceptors (Lipinski definition) is 10. The fourth-order valence-electron chi connectivity index (χ4n) is 10.2. The number of aromatic nitrogens is 10. The molecule has 10 heteroatoms. The Balaban J connectivity index is 1.11. The molecule has 10 nitrogen and oxygen atoms in total. The van der Waals surface area contributed by atoms with E-state index in [9.17, 15) is 0 Å². The zero-order valence-corrected chi connectivity index (χ0v) is 38.6. The zero-order valence-electron chi connectivity index (χ0n) is 38.6. The molecule has 1 saturated carbocycles. The minimum atomic E-state index is -0.0145. The topological polar surface area (TPSA) is 129 Å². The van der Waals surface area contributed by atoms with Gasteiger partial charge >= 0.3 is 0 Å². The lowest BCUT2D eigenvalue weighted by Gasteiger charge is -2.34. The first-order valence-electron chi connectivity index (χ1n) is 24.0. The van der Waals surface area contributed by atoms with Gasteiger partial charge in [0.1, 0.15) is 0 Å². The molecule has 1 fully saturated rings. The van der Waals surface area contributed by atoms with Gasteiger partial charge in [-0.05, 0) is 153 Å². The molecule has 340 valence electrons. The highest BCUT2D eigenvalue weighted by Gasteiger charge is 2.35. The molecule has 0 amide bonds. The SMILES string of the molecule is c1ccc(-c2ccnc(C3CC(c4cc(-c5ccccn5)ccn4)CC(c4cc(-c5ccccn5)ccn4)CC(c4cc(-c5ccccn5)ccn4)CC(c4cc(-c5ccccn5)ccn4)C3)c2)nc1. The smallest absolute Gasteiger partial charge is 0.0703 e. The second-order valence-electron chi connectivity index (χ2n) is 18.1. The summed E-state index contributed by atoms with van der Waals surface area (Å²) >= 11 is 0. The minimum Gasteiger partial charge on any atom is -0.261 e. The highest BCUT2D eigenvalue weighted by Crippen LogP contribution is 2.49. The molecule has 10 aromatic heterocycles. The summed E-state index contributed by atoms with van der Waals surface area (Å²) in [6.07, 6.45) is 22.8. The van der Waals surface area contributed by atoms with Gasteiger partial charge in [0.2, 0.25) is 0 Å². The van der Waals surface area contributed by atoms with Crippen LogP contribution in [0.2, 0.25) is 0 Å². The predicted octanol–water partition coefficient (Wildman–Crippen LogP) is 13.2. The van der Waals surface area contributed by atoms with Crippen LogP contribution in [-0.4, -0.2) is 49.8 Å². The summed E-state index contributed by atoms with van der Waals surface area (Å²) in [6.45, 7) is 0. The maximum atomic E-state index is 5.22.